The van der Waals surface area contributed by atoms with Crippen molar-refractivity contribution in [2.75, 3.05) is 13.1 Å². The fourth-order valence-electron chi connectivity index (χ4n) is 1.78. The van der Waals surface area contributed by atoms with Gasteiger partial charge in [-0.2, -0.15) is 5.10 Å². The summed E-state index contributed by atoms with van der Waals surface area (Å²) < 4.78 is 1.59. The monoisotopic (exact) mass is 226 g/mol. The number of hydrogen-bond acceptors (Lipinski definition) is 4. The Kier molecular flexibility index (Phi) is 2.97. The SMILES string of the molecule is Cn1nc(SN)cc1C(=O)N1CCCC1. The van der Waals surface area contributed by atoms with Crippen molar-refractivity contribution in [3.8, 4) is 0 Å². The van der Waals surface area contributed by atoms with Crippen molar-refractivity contribution in [2.45, 2.75) is 17.9 Å². The summed E-state index contributed by atoms with van der Waals surface area (Å²) in [6, 6.07) is 1.74. The summed E-state index contributed by atoms with van der Waals surface area (Å²) in [5.74, 6) is 0.0581. The molecule has 1 aromatic heterocycles. The third kappa shape index (κ3) is 2.00. The van der Waals surface area contributed by atoms with Crippen molar-refractivity contribution in [2.24, 2.45) is 12.2 Å². The van der Waals surface area contributed by atoms with Gasteiger partial charge in [0.25, 0.3) is 5.91 Å². The fraction of sp³-hybridized carbons (Fsp3) is 0.556. The van der Waals surface area contributed by atoms with E-state index in [0.717, 1.165) is 37.9 Å². The standard InChI is InChI=1S/C9H14N4OS/c1-12-7(6-8(11-12)15-10)9(14)13-4-2-3-5-13/h6H,2-5,10H2,1H3. The molecule has 6 heteroatoms. The Labute approximate surface area is 92.7 Å². The van der Waals surface area contributed by atoms with Crippen molar-refractivity contribution in [3.63, 3.8) is 0 Å². The number of likely N-dealkylation sites (tertiary alicyclic amines) is 1. The van der Waals surface area contributed by atoms with Gasteiger partial charge >= 0.3 is 0 Å². The molecule has 5 nitrogen and oxygen atoms in total. The molecule has 0 radical (unpaired) electrons. The van der Waals surface area contributed by atoms with Gasteiger partial charge in [-0.25, -0.2) is 0 Å². The van der Waals surface area contributed by atoms with Gasteiger partial charge in [0.15, 0.2) is 0 Å². The van der Waals surface area contributed by atoms with E-state index in [2.05, 4.69) is 5.10 Å². The molecule has 2 rings (SSSR count). The third-order valence-corrected chi connectivity index (χ3v) is 3.03. The maximum Gasteiger partial charge on any atom is 0.272 e. The minimum atomic E-state index is 0.0581. The predicted octanol–water partition coefficient (Wildman–Crippen LogP) is 0.622. The number of rotatable bonds is 2. The lowest BCUT2D eigenvalue weighted by molar-refractivity contribution is 0.0782. The highest BCUT2D eigenvalue weighted by Crippen LogP contribution is 2.16. The molecular formula is C9H14N4OS. The predicted molar refractivity (Wildman–Crippen MR) is 58.4 cm³/mol. The topological polar surface area (TPSA) is 64.2 Å². The lowest BCUT2D eigenvalue weighted by Crippen LogP contribution is -2.29. The van der Waals surface area contributed by atoms with E-state index >= 15 is 0 Å². The van der Waals surface area contributed by atoms with E-state index in [-0.39, 0.29) is 5.91 Å². The van der Waals surface area contributed by atoms with Crippen LogP contribution in [0.4, 0.5) is 0 Å². The molecule has 82 valence electrons. The van der Waals surface area contributed by atoms with Gasteiger partial charge < -0.3 is 4.90 Å². The molecule has 1 amide bonds. The fourth-order valence-corrected chi connectivity index (χ4v) is 2.13. The molecule has 1 aliphatic rings. The minimum Gasteiger partial charge on any atom is -0.337 e. The van der Waals surface area contributed by atoms with Crippen LogP contribution in [0.25, 0.3) is 0 Å². The number of aromatic nitrogens is 2. The molecule has 0 unspecified atom stereocenters. The van der Waals surface area contributed by atoms with E-state index in [0.29, 0.717) is 10.7 Å². The first-order chi connectivity index (χ1) is 7.22. The Hall–Kier alpha value is -1.01. The Balaban J connectivity index is 2.20. The van der Waals surface area contributed by atoms with Crippen LogP contribution in [-0.2, 0) is 7.05 Å². The van der Waals surface area contributed by atoms with Crippen LogP contribution in [-0.4, -0.2) is 33.7 Å². The number of nitrogens with two attached hydrogens (primary N) is 1. The van der Waals surface area contributed by atoms with E-state index in [1.165, 1.54) is 0 Å². The highest BCUT2D eigenvalue weighted by atomic mass is 32.2. The zero-order valence-corrected chi connectivity index (χ0v) is 9.46. The Morgan fingerprint density at radius 2 is 2.20 bits per heavy atom. The molecule has 15 heavy (non-hydrogen) atoms. The number of amides is 1. The number of hydrogen-bond donors (Lipinski definition) is 1. The van der Waals surface area contributed by atoms with Crippen LogP contribution >= 0.6 is 11.9 Å². The van der Waals surface area contributed by atoms with Gasteiger partial charge in [0.2, 0.25) is 0 Å². The highest BCUT2D eigenvalue weighted by Gasteiger charge is 2.22. The average molecular weight is 226 g/mol. The van der Waals surface area contributed by atoms with Crippen LogP contribution in [0.15, 0.2) is 11.1 Å². The molecule has 1 aliphatic heterocycles. The number of carbonyl (C=O) groups excluding carboxylic acids is 1. The molecule has 0 saturated carbocycles. The number of nitrogens with zero attached hydrogens (tertiary/aromatic N) is 3. The summed E-state index contributed by atoms with van der Waals surface area (Å²) in [5, 5.41) is 10.2. The van der Waals surface area contributed by atoms with Gasteiger partial charge in [-0.05, 0) is 24.8 Å². The number of aryl methyl sites for hydroxylation is 1. The molecule has 1 saturated heterocycles. The third-order valence-electron chi connectivity index (χ3n) is 2.59. The molecule has 1 aromatic rings. The van der Waals surface area contributed by atoms with Crippen LogP contribution < -0.4 is 5.14 Å². The molecule has 1 fully saturated rings. The van der Waals surface area contributed by atoms with Gasteiger partial charge in [-0.3, -0.25) is 14.6 Å². The highest BCUT2D eigenvalue weighted by molar-refractivity contribution is 7.97. The molecule has 2 N–H and O–H groups in total. The van der Waals surface area contributed by atoms with Crippen LogP contribution in [0.3, 0.4) is 0 Å². The zero-order chi connectivity index (χ0) is 10.8. The van der Waals surface area contributed by atoms with Crippen molar-refractivity contribution < 1.29 is 4.79 Å². The van der Waals surface area contributed by atoms with E-state index in [9.17, 15) is 4.79 Å². The quantitative estimate of drug-likeness (QED) is 0.751. The van der Waals surface area contributed by atoms with Crippen LogP contribution in [0.5, 0.6) is 0 Å². The maximum absolute atomic E-state index is 12.0. The van der Waals surface area contributed by atoms with Gasteiger partial charge in [0, 0.05) is 26.2 Å². The maximum atomic E-state index is 12.0. The Morgan fingerprint density at radius 3 is 2.73 bits per heavy atom. The molecule has 0 bridgehead atoms. The van der Waals surface area contributed by atoms with Crippen molar-refractivity contribution in [1.29, 1.82) is 0 Å². The molecule has 0 aromatic carbocycles. The van der Waals surface area contributed by atoms with Crippen molar-refractivity contribution in [3.05, 3.63) is 11.8 Å². The van der Waals surface area contributed by atoms with E-state index < -0.39 is 0 Å². The first-order valence-electron chi connectivity index (χ1n) is 4.92. The first-order valence-corrected chi connectivity index (χ1v) is 5.80. The summed E-state index contributed by atoms with van der Waals surface area (Å²) in [6.07, 6.45) is 2.20. The second kappa shape index (κ2) is 4.24. The van der Waals surface area contributed by atoms with Crippen molar-refractivity contribution >= 4 is 17.9 Å². The van der Waals surface area contributed by atoms with E-state index in [4.69, 9.17) is 5.14 Å². The summed E-state index contributed by atoms with van der Waals surface area (Å²) in [4.78, 5) is 13.9. The van der Waals surface area contributed by atoms with Crippen LogP contribution in [0.2, 0.25) is 0 Å². The molecule has 0 aliphatic carbocycles. The Morgan fingerprint density at radius 1 is 1.53 bits per heavy atom. The van der Waals surface area contributed by atoms with Gasteiger partial charge in [0.1, 0.15) is 10.7 Å². The second-order valence-corrected chi connectivity index (χ2v) is 4.26. The smallest absolute Gasteiger partial charge is 0.272 e. The van der Waals surface area contributed by atoms with Gasteiger partial charge in [0.05, 0.1) is 0 Å². The zero-order valence-electron chi connectivity index (χ0n) is 8.64. The van der Waals surface area contributed by atoms with E-state index in [1.807, 2.05) is 4.90 Å². The van der Waals surface area contributed by atoms with Gasteiger partial charge in [-0.15, -0.1) is 0 Å². The van der Waals surface area contributed by atoms with E-state index in [1.54, 1.807) is 17.8 Å². The molecule has 0 spiro atoms. The minimum absolute atomic E-state index is 0.0581. The average Bonchev–Trinajstić information content (AvgIpc) is 2.85. The lowest BCUT2D eigenvalue weighted by Gasteiger charge is -2.14. The summed E-state index contributed by atoms with van der Waals surface area (Å²) in [6.45, 7) is 1.71. The van der Waals surface area contributed by atoms with Crippen LogP contribution in [0, 0.1) is 0 Å². The molecular weight excluding hydrogens is 212 g/mol. The molecule has 0 atom stereocenters. The Bertz CT molecular complexity index is 370. The normalized spacial score (nSPS) is 16.0. The largest absolute Gasteiger partial charge is 0.337 e. The first kappa shape index (κ1) is 10.5. The van der Waals surface area contributed by atoms with Gasteiger partial charge in [-0.1, -0.05) is 0 Å². The number of carbonyl (C=O) groups is 1. The summed E-state index contributed by atoms with van der Waals surface area (Å²) in [7, 11) is 1.77. The summed E-state index contributed by atoms with van der Waals surface area (Å²) >= 11 is 1.06. The van der Waals surface area contributed by atoms with Crippen LogP contribution in [0.1, 0.15) is 23.3 Å². The summed E-state index contributed by atoms with van der Waals surface area (Å²) in [5.41, 5.74) is 0.616. The second-order valence-electron chi connectivity index (χ2n) is 3.61. The lowest BCUT2D eigenvalue weighted by atomic mass is 10.3. The van der Waals surface area contributed by atoms with Crippen molar-refractivity contribution in [1.82, 2.24) is 14.7 Å². The molecule has 2 heterocycles.